The van der Waals surface area contributed by atoms with Crippen LogP contribution in [0.1, 0.15) is 5.56 Å². The molecule has 0 atom stereocenters. The predicted molar refractivity (Wildman–Crippen MR) is 97.6 cm³/mol. The molecular weight excluding hydrogens is 342 g/mol. The fraction of sp³-hybridized carbons (Fsp3) is 0.118. The largest absolute Gasteiger partial charge is 0.488 e. The number of thiazole rings is 1. The van der Waals surface area contributed by atoms with Gasteiger partial charge < -0.3 is 4.74 Å². The second-order valence-electron chi connectivity index (χ2n) is 5.23. The molecule has 1 amide bonds. The summed E-state index contributed by atoms with van der Waals surface area (Å²) >= 11 is 2.80. The van der Waals surface area contributed by atoms with E-state index >= 15 is 0 Å². The van der Waals surface area contributed by atoms with Gasteiger partial charge >= 0.3 is 0 Å². The summed E-state index contributed by atoms with van der Waals surface area (Å²) in [5.74, 6) is 0.809. The van der Waals surface area contributed by atoms with Crippen LogP contribution in [0.4, 0.5) is 5.13 Å². The Morgan fingerprint density at radius 2 is 2.25 bits per heavy atom. The highest BCUT2D eigenvalue weighted by atomic mass is 32.2. The maximum atomic E-state index is 12.4. The van der Waals surface area contributed by atoms with E-state index in [0.717, 1.165) is 16.9 Å². The minimum Gasteiger partial charge on any atom is -0.488 e. The number of thioether (sulfide) groups is 1. The van der Waals surface area contributed by atoms with Crippen LogP contribution in [-0.2, 0) is 4.79 Å². The topological polar surface area (TPSA) is 54.8 Å². The highest BCUT2D eigenvalue weighted by Crippen LogP contribution is 2.34. The molecule has 1 saturated heterocycles. The number of likely N-dealkylation sites (N-methyl/N-ethyl adjacent to an activating group) is 1. The van der Waals surface area contributed by atoms with Crippen molar-refractivity contribution in [1.82, 2.24) is 9.88 Å². The van der Waals surface area contributed by atoms with Crippen LogP contribution < -0.4 is 4.74 Å². The van der Waals surface area contributed by atoms with Gasteiger partial charge in [0.1, 0.15) is 12.4 Å². The second kappa shape index (κ2) is 6.26. The Balaban J connectivity index is 1.62. The molecule has 0 unspecified atom stereocenters. The molecule has 120 valence electrons. The number of fused-ring (bicyclic) bond motifs is 1. The van der Waals surface area contributed by atoms with Crippen molar-refractivity contribution >= 4 is 45.4 Å². The van der Waals surface area contributed by atoms with Gasteiger partial charge in [0.2, 0.25) is 5.13 Å². The van der Waals surface area contributed by atoms with Crippen molar-refractivity contribution in [3.63, 3.8) is 0 Å². The van der Waals surface area contributed by atoms with Crippen molar-refractivity contribution in [3.8, 4) is 5.75 Å². The number of hydrogen-bond acceptors (Lipinski definition) is 6. The lowest BCUT2D eigenvalue weighted by Crippen LogP contribution is -2.23. The molecule has 3 heterocycles. The van der Waals surface area contributed by atoms with Crippen molar-refractivity contribution in [2.45, 2.75) is 0 Å². The molecule has 2 aliphatic heterocycles. The van der Waals surface area contributed by atoms with Crippen LogP contribution in [0.15, 0.2) is 57.4 Å². The molecule has 1 aromatic heterocycles. The molecule has 0 N–H and O–H groups in total. The number of aliphatic imine (C=N–C) groups is 1. The number of amides is 1. The lowest BCUT2D eigenvalue weighted by atomic mass is 10.1. The molecule has 1 fully saturated rings. The van der Waals surface area contributed by atoms with Gasteiger partial charge in [-0.15, -0.1) is 11.3 Å². The fourth-order valence-electron chi connectivity index (χ4n) is 2.39. The van der Waals surface area contributed by atoms with Crippen LogP contribution in [0.25, 0.3) is 6.08 Å². The molecule has 1 aromatic carbocycles. The van der Waals surface area contributed by atoms with E-state index in [1.165, 1.54) is 23.1 Å². The van der Waals surface area contributed by atoms with Gasteiger partial charge in [-0.2, -0.15) is 4.99 Å². The Morgan fingerprint density at radius 1 is 1.38 bits per heavy atom. The van der Waals surface area contributed by atoms with Gasteiger partial charge in [0.15, 0.2) is 5.17 Å². The molecule has 0 radical (unpaired) electrons. The number of carbonyl (C=O) groups excluding carboxylic acids is 1. The van der Waals surface area contributed by atoms with Crippen molar-refractivity contribution < 1.29 is 9.53 Å². The van der Waals surface area contributed by atoms with E-state index in [-0.39, 0.29) is 5.91 Å². The monoisotopic (exact) mass is 355 g/mol. The van der Waals surface area contributed by atoms with E-state index in [9.17, 15) is 4.79 Å². The number of carbonyl (C=O) groups is 1. The first-order valence-corrected chi connectivity index (χ1v) is 8.98. The van der Waals surface area contributed by atoms with Crippen molar-refractivity contribution in [3.05, 3.63) is 58.0 Å². The van der Waals surface area contributed by atoms with Crippen molar-refractivity contribution in [1.29, 1.82) is 0 Å². The molecule has 5 nitrogen and oxygen atoms in total. The van der Waals surface area contributed by atoms with Crippen molar-refractivity contribution in [2.75, 3.05) is 13.7 Å². The van der Waals surface area contributed by atoms with Gasteiger partial charge in [-0.05, 0) is 35.6 Å². The summed E-state index contributed by atoms with van der Waals surface area (Å²) < 4.78 is 5.73. The van der Waals surface area contributed by atoms with Crippen LogP contribution in [0, 0.1) is 0 Å². The molecule has 0 aliphatic carbocycles. The van der Waals surface area contributed by atoms with Gasteiger partial charge in [-0.3, -0.25) is 9.69 Å². The summed E-state index contributed by atoms with van der Waals surface area (Å²) in [4.78, 5) is 23.2. The number of hydrogen-bond donors (Lipinski definition) is 0. The zero-order chi connectivity index (χ0) is 16.5. The predicted octanol–water partition coefficient (Wildman–Crippen LogP) is 3.70. The molecular formula is C17H13N3O2S2. The van der Waals surface area contributed by atoms with E-state index < -0.39 is 0 Å². The van der Waals surface area contributed by atoms with Gasteiger partial charge in [-0.1, -0.05) is 18.2 Å². The molecule has 2 aliphatic rings. The second-order valence-corrected chi connectivity index (χ2v) is 7.11. The number of para-hydroxylation sites is 1. The van der Waals surface area contributed by atoms with Gasteiger partial charge in [0, 0.05) is 24.2 Å². The lowest BCUT2D eigenvalue weighted by molar-refractivity contribution is -0.121. The standard InChI is InChI=1S/C17H13N3O2S2/c1-20-15(21)14(24-17(20)19-16-18-6-7-23-16)9-11-8-12-4-2-3-5-13(12)22-10-11/h2-9H,10H2,1H3/b14-9-,19-17?. The average molecular weight is 355 g/mol. The van der Waals surface area contributed by atoms with Gasteiger partial charge in [0.05, 0.1) is 4.91 Å². The minimum absolute atomic E-state index is 0.0601. The van der Waals surface area contributed by atoms with E-state index in [1.807, 2.05) is 35.7 Å². The quantitative estimate of drug-likeness (QED) is 0.771. The molecule has 24 heavy (non-hydrogen) atoms. The van der Waals surface area contributed by atoms with E-state index in [1.54, 1.807) is 18.1 Å². The molecule has 0 spiro atoms. The highest BCUT2D eigenvalue weighted by molar-refractivity contribution is 8.18. The maximum Gasteiger partial charge on any atom is 0.266 e. The summed E-state index contributed by atoms with van der Waals surface area (Å²) in [5, 5.41) is 3.14. The Morgan fingerprint density at radius 3 is 3.08 bits per heavy atom. The number of rotatable bonds is 2. The smallest absolute Gasteiger partial charge is 0.266 e. The van der Waals surface area contributed by atoms with Crippen molar-refractivity contribution in [2.24, 2.45) is 4.99 Å². The molecule has 2 aromatic rings. The Labute approximate surface area is 147 Å². The summed E-state index contributed by atoms with van der Waals surface area (Å²) in [6, 6.07) is 7.86. The first-order chi connectivity index (χ1) is 11.7. The SMILES string of the molecule is CN1C(=O)/C(=C/C2=Cc3ccccc3OC2)SC1=Nc1nccs1. The Kier molecular flexibility index (Phi) is 3.95. The number of aromatic nitrogens is 1. The normalized spacial score (nSPS) is 20.3. The number of nitrogens with zero attached hydrogens (tertiary/aromatic N) is 3. The Bertz CT molecular complexity index is 885. The average Bonchev–Trinajstić information content (AvgIpc) is 3.20. The van der Waals surface area contributed by atoms with E-state index in [0.29, 0.717) is 21.8 Å². The summed E-state index contributed by atoms with van der Waals surface area (Å²) in [6.07, 6.45) is 5.63. The van der Waals surface area contributed by atoms with Crippen LogP contribution in [-0.4, -0.2) is 34.6 Å². The summed E-state index contributed by atoms with van der Waals surface area (Å²) in [5.41, 5.74) is 1.99. The van der Waals surface area contributed by atoms with E-state index in [2.05, 4.69) is 16.1 Å². The van der Waals surface area contributed by atoms with Gasteiger partial charge in [0.25, 0.3) is 5.91 Å². The zero-order valence-electron chi connectivity index (χ0n) is 12.8. The Hall–Kier alpha value is -2.38. The molecule has 0 saturated carbocycles. The first kappa shape index (κ1) is 15.2. The maximum absolute atomic E-state index is 12.4. The highest BCUT2D eigenvalue weighted by Gasteiger charge is 2.31. The third-order valence-electron chi connectivity index (χ3n) is 3.58. The van der Waals surface area contributed by atoms with Crippen LogP contribution in [0.5, 0.6) is 5.75 Å². The van der Waals surface area contributed by atoms with Crippen LogP contribution in [0.3, 0.4) is 0 Å². The van der Waals surface area contributed by atoms with E-state index in [4.69, 9.17) is 4.74 Å². The minimum atomic E-state index is -0.0601. The summed E-state index contributed by atoms with van der Waals surface area (Å²) in [6.45, 7) is 0.455. The number of amidine groups is 1. The number of ether oxygens (including phenoxy) is 1. The molecule has 7 heteroatoms. The first-order valence-electron chi connectivity index (χ1n) is 7.29. The molecule has 4 rings (SSSR count). The fourth-order valence-corrected chi connectivity index (χ4v) is 3.94. The third-order valence-corrected chi connectivity index (χ3v) is 5.31. The third kappa shape index (κ3) is 2.88. The summed E-state index contributed by atoms with van der Waals surface area (Å²) in [7, 11) is 1.73. The zero-order valence-corrected chi connectivity index (χ0v) is 14.4. The lowest BCUT2D eigenvalue weighted by Gasteiger charge is -2.15. The van der Waals surface area contributed by atoms with Gasteiger partial charge in [-0.25, -0.2) is 4.98 Å². The number of benzene rings is 1. The van der Waals surface area contributed by atoms with Crippen LogP contribution in [0.2, 0.25) is 0 Å². The molecule has 0 bridgehead atoms. The van der Waals surface area contributed by atoms with Crippen LogP contribution >= 0.6 is 23.1 Å².